The van der Waals surface area contributed by atoms with E-state index < -0.39 is 0 Å². The number of unbranched alkanes of at least 4 members (excludes halogenated alkanes) is 1. The highest BCUT2D eigenvalue weighted by Gasteiger charge is 2.23. The fourth-order valence-electron chi connectivity index (χ4n) is 5.16. The predicted octanol–water partition coefficient (Wildman–Crippen LogP) is 6.10. The second-order valence-corrected chi connectivity index (χ2v) is 10.2. The first kappa shape index (κ1) is 28.1. The molecule has 1 aliphatic rings. The van der Waals surface area contributed by atoms with Crippen molar-refractivity contribution in [1.29, 1.82) is 5.26 Å². The Morgan fingerprint density at radius 1 is 0.974 bits per heavy atom. The summed E-state index contributed by atoms with van der Waals surface area (Å²) in [6, 6.07) is 23.4. The Kier molecular flexibility index (Phi) is 9.88. The van der Waals surface area contributed by atoms with Crippen molar-refractivity contribution in [2.75, 3.05) is 26.2 Å². The smallest absolute Gasteiger partial charge is 0.308 e. The van der Waals surface area contributed by atoms with E-state index in [1.54, 1.807) is 12.1 Å². The number of piperidine rings is 1. The molecule has 4 rings (SSSR count). The number of carbonyl (C=O) groups excluding carboxylic acids is 2. The highest BCUT2D eigenvalue weighted by atomic mass is 16.5. The molecule has 0 bridgehead atoms. The maximum atomic E-state index is 12.6. The van der Waals surface area contributed by atoms with Crippen LogP contribution in [0.2, 0.25) is 0 Å². The Balaban J connectivity index is 1.17. The lowest BCUT2D eigenvalue weighted by molar-refractivity contribution is -0.131. The SMILES string of the molecule is CCc1ccc(C2CCN(CCCCNC(=O)c3ccc(-c4ccc(C#N)cc4)cc3)CC2)c(OC(C)=O)c1. The Labute approximate surface area is 231 Å². The molecule has 0 atom stereocenters. The first-order chi connectivity index (χ1) is 19.0. The molecule has 6 nitrogen and oxygen atoms in total. The van der Waals surface area contributed by atoms with Gasteiger partial charge in [-0.25, -0.2) is 0 Å². The zero-order valence-electron chi connectivity index (χ0n) is 22.9. The topological polar surface area (TPSA) is 82.4 Å². The summed E-state index contributed by atoms with van der Waals surface area (Å²) in [5.74, 6) is 0.804. The van der Waals surface area contributed by atoms with Crippen LogP contribution in [0.3, 0.4) is 0 Å². The minimum atomic E-state index is -0.269. The number of nitriles is 1. The van der Waals surface area contributed by atoms with E-state index in [9.17, 15) is 9.59 Å². The number of esters is 1. The Morgan fingerprint density at radius 2 is 1.64 bits per heavy atom. The maximum absolute atomic E-state index is 12.6. The van der Waals surface area contributed by atoms with E-state index in [-0.39, 0.29) is 11.9 Å². The van der Waals surface area contributed by atoms with Crippen molar-refractivity contribution < 1.29 is 14.3 Å². The molecule has 202 valence electrons. The number of amides is 1. The number of carbonyl (C=O) groups is 2. The van der Waals surface area contributed by atoms with Crippen molar-refractivity contribution in [2.24, 2.45) is 0 Å². The van der Waals surface area contributed by atoms with Crippen molar-refractivity contribution in [3.8, 4) is 22.9 Å². The predicted molar refractivity (Wildman–Crippen MR) is 154 cm³/mol. The van der Waals surface area contributed by atoms with E-state index in [0.717, 1.165) is 74.2 Å². The summed E-state index contributed by atoms with van der Waals surface area (Å²) in [5.41, 5.74) is 5.64. The number of ether oxygens (including phenoxy) is 1. The molecule has 0 spiro atoms. The molecule has 1 amide bonds. The largest absolute Gasteiger partial charge is 0.426 e. The number of rotatable bonds is 10. The molecular weight excluding hydrogens is 486 g/mol. The van der Waals surface area contributed by atoms with E-state index in [4.69, 9.17) is 10.00 Å². The summed E-state index contributed by atoms with van der Waals surface area (Å²) in [5, 5.41) is 12.0. The van der Waals surface area contributed by atoms with Gasteiger partial charge in [-0.3, -0.25) is 9.59 Å². The average molecular weight is 524 g/mol. The standard InChI is InChI=1S/C33H37N3O3/c1-3-25-8-15-31(32(22-25)39-24(2)37)29-16-20-36(21-17-29)19-5-4-18-35-33(38)30-13-11-28(12-14-30)27-9-6-26(23-34)7-10-27/h6-15,22,29H,3-5,16-21H2,1-2H3,(H,35,38). The van der Waals surface area contributed by atoms with Crippen LogP contribution in [0.15, 0.2) is 66.7 Å². The van der Waals surface area contributed by atoms with Gasteiger partial charge in [-0.15, -0.1) is 0 Å². The van der Waals surface area contributed by atoms with Crippen LogP contribution in [0.1, 0.15) is 72.5 Å². The lowest BCUT2D eigenvalue weighted by Crippen LogP contribution is -2.34. The van der Waals surface area contributed by atoms with Crippen molar-refractivity contribution in [3.63, 3.8) is 0 Å². The van der Waals surface area contributed by atoms with Gasteiger partial charge in [-0.2, -0.15) is 5.26 Å². The van der Waals surface area contributed by atoms with E-state index in [0.29, 0.717) is 23.6 Å². The maximum Gasteiger partial charge on any atom is 0.308 e. The average Bonchev–Trinajstić information content (AvgIpc) is 2.97. The Hall–Kier alpha value is -3.95. The first-order valence-electron chi connectivity index (χ1n) is 13.9. The van der Waals surface area contributed by atoms with Crippen LogP contribution in [0, 0.1) is 11.3 Å². The number of hydrogen-bond acceptors (Lipinski definition) is 5. The molecule has 1 heterocycles. The van der Waals surface area contributed by atoms with Crippen molar-refractivity contribution in [3.05, 3.63) is 89.0 Å². The number of nitrogens with one attached hydrogen (secondary N) is 1. The monoisotopic (exact) mass is 523 g/mol. The van der Waals surface area contributed by atoms with Gasteiger partial charge in [0, 0.05) is 19.0 Å². The zero-order chi connectivity index (χ0) is 27.6. The number of benzene rings is 3. The fraction of sp³-hybridized carbons (Fsp3) is 0.364. The summed E-state index contributed by atoms with van der Waals surface area (Å²) in [6.07, 6.45) is 4.99. The van der Waals surface area contributed by atoms with Crippen LogP contribution in [0.4, 0.5) is 0 Å². The van der Waals surface area contributed by atoms with Gasteiger partial charge in [-0.05, 0) is 110 Å². The summed E-state index contributed by atoms with van der Waals surface area (Å²) >= 11 is 0. The number of nitrogens with zero attached hydrogens (tertiary/aromatic N) is 2. The van der Waals surface area contributed by atoms with Gasteiger partial charge in [-0.1, -0.05) is 43.3 Å². The molecule has 0 saturated carbocycles. The van der Waals surface area contributed by atoms with Gasteiger partial charge in [0.1, 0.15) is 5.75 Å². The van der Waals surface area contributed by atoms with Crippen molar-refractivity contribution >= 4 is 11.9 Å². The van der Waals surface area contributed by atoms with E-state index in [1.807, 2.05) is 42.5 Å². The summed E-state index contributed by atoms with van der Waals surface area (Å²) < 4.78 is 5.55. The molecule has 0 unspecified atom stereocenters. The lowest BCUT2D eigenvalue weighted by atomic mass is 9.88. The molecule has 39 heavy (non-hydrogen) atoms. The molecule has 1 aliphatic heterocycles. The summed E-state index contributed by atoms with van der Waals surface area (Å²) in [6.45, 7) is 7.29. The van der Waals surface area contributed by atoms with Gasteiger partial charge in [0.05, 0.1) is 11.6 Å². The molecule has 6 heteroatoms. The Bertz CT molecular complexity index is 1300. The lowest BCUT2D eigenvalue weighted by Gasteiger charge is -2.32. The van der Waals surface area contributed by atoms with Gasteiger partial charge >= 0.3 is 5.97 Å². The highest BCUT2D eigenvalue weighted by Crippen LogP contribution is 2.35. The summed E-state index contributed by atoms with van der Waals surface area (Å²) in [4.78, 5) is 26.7. The third kappa shape index (κ3) is 7.78. The van der Waals surface area contributed by atoms with Gasteiger partial charge in [0.2, 0.25) is 0 Å². The van der Waals surface area contributed by atoms with Crippen LogP contribution in [0.5, 0.6) is 5.75 Å². The summed E-state index contributed by atoms with van der Waals surface area (Å²) in [7, 11) is 0. The molecule has 1 N–H and O–H groups in total. The fourth-order valence-corrected chi connectivity index (χ4v) is 5.16. The number of likely N-dealkylation sites (tertiary alicyclic amines) is 1. The van der Waals surface area contributed by atoms with Crippen LogP contribution in [0.25, 0.3) is 11.1 Å². The van der Waals surface area contributed by atoms with Crippen LogP contribution in [-0.2, 0) is 11.2 Å². The molecule has 0 radical (unpaired) electrons. The number of aryl methyl sites for hydroxylation is 1. The van der Waals surface area contributed by atoms with E-state index >= 15 is 0 Å². The molecule has 3 aromatic rings. The van der Waals surface area contributed by atoms with Gasteiger partial charge < -0.3 is 15.0 Å². The van der Waals surface area contributed by atoms with Crippen LogP contribution >= 0.6 is 0 Å². The molecular formula is C33H37N3O3. The normalized spacial score (nSPS) is 14.0. The van der Waals surface area contributed by atoms with Gasteiger partial charge in [0.25, 0.3) is 5.91 Å². The molecule has 3 aromatic carbocycles. The second-order valence-electron chi connectivity index (χ2n) is 10.2. The number of hydrogen-bond donors (Lipinski definition) is 1. The zero-order valence-corrected chi connectivity index (χ0v) is 22.9. The third-order valence-electron chi connectivity index (χ3n) is 7.45. The van der Waals surface area contributed by atoms with Crippen LogP contribution in [-0.4, -0.2) is 43.0 Å². The van der Waals surface area contributed by atoms with Gasteiger partial charge in [0.15, 0.2) is 0 Å². The quantitative estimate of drug-likeness (QED) is 0.197. The molecule has 1 saturated heterocycles. The van der Waals surface area contributed by atoms with Crippen molar-refractivity contribution in [2.45, 2.75) is 51.9 Å². The Morgan fingerprint density at radius 3 is 2.26 bits per heavy atom. The highest BCUT2D eigenvalue weighted by molar-refractivity contribution is 5.94. The minimum Gasteiger partial charge on any atom is -0.426 e. The van der Waals surface area contributed by atoms with E-state index in [1.165, 1.54) is 12.5 Å². The molecule has 1 fully saturated rings. The van der Waals surface area contributed by atoms with Crippen LogP contribution < -0.4 is 10.1 Å². The second kappa shape index (κ2) is 13.7. The molecule has 0 aromatic heterocycles. The minimum absolute atomic E-state index is 0.0557. The third-order valence-corrected chi connectivity index (χ3v) is 7.45. The first-order valence-corrected chi connectivity index (χ1v) is 13.9. The van der Waals surface area contributed by atoms with Crippen molar-refractivity contribution in [1.82, 2.24) is 10.2 Å². The molecule has 0 aliphatic carbocycles. The van der Waals surface area contributed by atoms with E-state index in [2.05, 4.69) is 35.3 Å².